The highest BCUT2D eigenvalue weighted by atomic mass is 16.4. The molecule has 2 aromatic rings. The molecule has 1 aliphatic heterocycles. The number of hydrogen-bond donors (Lipinski definition) is 1. The summed E-state index contributed by atoms with van der Waals surface area (Å²) >= 11 is 0. The molecule has 1 atom stereocenters. The van der Waals surface area contributed by atoms with E-state index in [9.17, 15) is 4.79 Å². The number of benzene rings is 2. The minimum atomic E-state index is -0.859. The second-order valence-corrected chi connectivity index (χ2v) is 7.21. The van der Waals surface area contributed by atoms with Gasteiger partial charge in [0.05, 0.1) is 5.56 Å². The van der Waals surface area contributed by atoms with Crippen LogP contribution in [-0.4, -0.2) is 47.1 Å². The molecule has 0 saturated carbocycles. The van der Waals surface area contributed by atoms with Gasteiger partial charge in [0.2, 0.25) is 0 Å². The van der Waals surface area contributed by atoms with E-state index in [0.29, 0.717) is 11.5 Å². The number of hydrogen-bond acceptors (Lipinski definition) is 3. The minimum absolute atomic E-state index is 0.369. The third kappa shape index (κ3) is 5.16. The molecule has 0 radical (unpaired) electrons. The first-order valence-corrected chi connectivity index (χ1v) is 9.45. The molecular weight excluding hydrogens is 324 g/mol. The fourth-order valence-electron chi connectivity index (χ4n) is 3.78. The molecule has 0 aromatic heterocycles. The van der Waals surface area contributed by atoms with Crippen molar-refractivity contribution in [3.63, 3.8) is 0 Å². The predicted octanol–water partition coefficient (Wildman–Crippen LogP) is 3.73. The molecule has 0 aliphatic carbocycles. The van der Waals surface area contributed by atoms with Crippen LogP contribution in [0.1, 0.15) is 34.8 Å². The molecule has 1 fully saturated rings. The number of carbonyl (C=O) groups is 1. The third-order valence-electron chi connectivity index (χ3n) is 5.16. The number of aromatic carboxylic acids is 1. The molecule has 138 valence electrons. The predicted molar refractivity (Wildman–Crippen MR) is 104 cm³/mol. The first-order chi connectivity index (χ1) is 12.6. The van der Waals surface area contributed by atoms with Gasteiger partial charge in [-0.05, 0) is 48.7 Å². The molecule has 2 aromatic carbocycles. The Kier molecular flexibility index (Phi) is 6.42. The van der Waals surface area contributed by atoms with E-state index in [1.165, 1.54) is 12.0 Å². The van der Waals surface area contributed by atoms with E-state index in [1.54, 1.807) is 12.1 Å². The molecule has 4 nitrogen and oxygen atoms in total. The van der Waals surface area contributed by atoms with Crippen molar-refractivity contribution in [3.05, 3.63) is 71.3 Å². The maximum Gasteiger partial charge on any atom is 0.335 e. The highest BCUT2D eigenvalue weighted by Crippen LogP contribution is 2.20. The van der Waals surface area contributed by atoms with Crippen LogP contribution in [0.15, 0.2) is 54.6 Å². The van der Waals surface area contributed by atoms with E-state index < -0.39 is 5.97 Å². The Hall–Kier alpha value is -2.17. The molecule has 3 rings (SSSR count). The van der Waals surface area contributed by atoms with Crippen molar-refractivity contribution in [2.45, 2.75) is 26.4 Å². The van der Waals surface area contributed by atoms with Gasteiger partial charge in [-0.15, -0.1) is 0 Å². The van der Waals surface area contributed by atoms with E-state index in [2.05, 4.69) is 47.1 Å². The summed E-state index contributed by atoms with van der Waals surface area (Å²) in [5.74, 6) is -0.177. The minimum Gasteiger partial charge on any atom is -0.478 e. The van der Waals surface area contributed by atoms with Crippen molar-refractivity contribution in [1.29, 1.82) is 0 Å². The molecule has 0 spiro atoms. The van der Waals surface area contributed by atoms with Crippen LogP contribution in [0, 0.1) is 5.92 Å². The largest absolute Gasteiger partial charge is 0.478 e. The molecule has 1 heterocycles. The van der Waals surface area contributed by atoms with Crippen molar-refractivity contribution < 1.29 is 9.90 Å². The van der Waals surface area contributed by atoms with Crippen molar-refractivity contribution in [3.8, 4) is 0 Å². The molecule has 1 saturated heterocycles. The Morgan fingerprint density at radius 2 is 1.92 bits per heavy atom. The smallest absolute Gasteiger partial charge is 0.335 e. The Morgan fingerprint density at radius 3 is 2.65 bits per heavy atom. The van der Waals surface area contributed by atoms with Crippen molar-refractivity contribution in [2.75, 3.05) is 26.2 Å². The summed E-state index contributed by atoms with van der Waals surface area (Å²) in [6.07, 6.45) is 1.23. The van der Waals surface area contributed by atoms with Gasteiger partial charge in [-0.1, -0.05) is 49.4 Å². The monoisotopic (exact) mass is 352 g/mol. The van der Waals surface area contributed by atoms with Gasteiger partial charge in [0.15, 0.2) is 0 Å². The third-order valence-corrected chi connectivity index (χ3v) is 5.16. The van der Waals surface area contributed by atoms with Gasteiger partial charge in [0.1, 0.15) is 0 Å². The summed E-state index contributed by atoms with van der Waals surface area (Å²) in [5.41, 5.74) is 2.82. The van der Waals surface area contributed by atoms with E-state index in [0.717, 1.165) is 44.8 Å². The number of carboxylic acids is 1. The molecule has 1 aliphatic rings. The number of rotatable bonds is 8. The summed E-state index contributed by atoms with van der Waals surface area (Å²) in [7, 11) is 0. The Bertz CT molecular complexity index is 717. The summed E-state index contributed by atoms with van der Waals surface area (Å²) in [6.45, 7) is 8.37. The first kappa shape index (κ1) is 18.6. The van der Waals surface area contributed by atoms with Crippen LogP contribution in [-0.2, 0) is 13.1 Å². The van der Waals surface area contributed by atoms with Crippen molar-refractivity contribution in [2.24, 2.45) is 5.92 Å². The average Bonchev–Trinajstić information content (AvgIpc) is 3.09. The van der Waals surface area contributed by atoms with E-state index in [-0.39, 0.29) is 0 Å². The molecule has 1 unspecified atom stereocenters. The van der Waals surface area contributed by atoms with E-state index >= 15 is 0 Å². The topological polar surface area (TPSA) is 43.8 Å². The number of nitrogens with zero attached hydrogens (tertiary/aromatic N) is 2. The molecular formula is C22H28N2O2. The van der Waals surface area contributed by atoms with Crippen LogP contribution in [0.3, 0.4) is 0 Å². The number of carboxylic acid groups (broad SMARTS) is 1. The first-order valence-electron chi connectivity index (χ1n) is 9.45. The van der Waals surface area contributed by atoms with Crippen LogP contribution in [0.2, 0.25) is 0 Å². The van der Waals surface area contributed by atoms with Gasteiger partial charge in [0.25, 0.3) is 0 Å². The summed E-state index contributed by atoms with van der Waals surface area (Å²) < 4.78 is 0. The van der Waals surface area contributed by atoms with Crippen molar-refractivity contribution >= 4 is 5.97 Å². The molecule has 0 bridgehead atoms. The normalized spacial score (nSPS) is 17.7. The molecule has 1 N–H and O–H groups in total. The van der Waals surface area contributed by atoms with Gasteiger partial charge in [0, 0.05) is 26.2 Å². The van der Waals surface area contributed by atoms with Crippen LogP contribution >= 0.6 is 0 Å². The van der Waals surface area contributed by atoms with Gasteiger partial charge in [-0.2, -0.15) is 0 Å². The quantitative estimate of drug-likeness (QED) is 0.786. The second-order valence-electron chi connectivity index (χ2n) is 7.21. The number of likely N-dealkylation sites (tertiary alicyclic amines) is 1. The fourth-order valence-corrected chi connectivity index (χ4v) is 3.78. The second kappa shape index (κ2) is 8.97. The lowest BCUT2D eigenvalue weighted by molar-refractivity contribution is 0.0696. The zero-order chi connectivity index (χ0) is 18.4. The van der Waals surface area contributed by atoms with Crippen LogP contribution in [0.4, 0.5) is 0 Å². The molecule has 26 heavy (non-hydrogen) atoms. The van der Waals surface area contributed by atoms with Gasteiger partial charge in [-0.25, -0.2) is 4.79 Å². The van der Waals surface area contributed by atoms with Crippen LogP contribution in [0.25, 0.3) is 0 Å². The highest BCUT2D eigenvalue weighted by molar-refractivity contribution is 5.87. The summed E-state index contributed by atoms with van der Waals surface area (Å²) in [5, 5.41) is 9.16. The van der Waals surface area contributed by atoms with Gasteiger partial charge in [-0.3, -0.25) is 9.80 Å². The zero-order valence-corrected chi connectivity index (χ0v) is 15.5. The van der Waals surface area contributed by atoms with Crippen LogP contribution in [0.5, 0.6) is 0 Å². The van der Waals surface area contributed by atoms with Crippen LogP contribution < -0.4 is 0 Å². The Morgan fingerprint density at radius 1 is 1.15 bits per heavy atom. The lowest BCUT2D eigenvalue weighted by Gasteiger charge is -2.24. The fraction of sp³-hybridized carbons (Fsp3) is 0.409. The van der Waals surface area contributed by atoms with E-state index in [4.69, 9.17) is 5.11 Å². The summed E-state index contributed by atoms with van der Waals surface area (Å²) in [6, 6.07) is 18.0. The molecule has 4 heteroatoms. The van der Waals surface area contributed by atoms with Gasteiger partial charge < -0.3 is 5.11 Å². The van der Waals surface area contributed by atoms with E-state index in [1.807, 2.05) is 12.1 Å². The maximum absolute atomic E-state index is 11.2. The van der Waals surface area contributed by atoms with Crippen molar-refractivity contribution in [1.82, 2.24) is 9.80 Å². The molecule has 0 amide bonds. The lowest BCUT2D eigenvalue weighted by Crippen LogP contribution is -2.30. The Labute approximate surface area is 156 Å². The average molecular weight is 352 g/mol. The lowest BCUT2D eigenvalue weighted by atomic mass is 10.1. The Balaban J connectivity index is 1.52. The van der Waals surface area contributed by atoms with Gasteiger partial charge >= 0.3 is 5.97 Å². The highest BCUT2D eigenvalue weighted by Gasteiger charge is 2.24. The summed E-state index contributed by atoms with van der Waals surface area (Å²) in [4.78, 5) is 16.1. The SMILES string of the molecule is CCN(Cc1cccc(C(=O)O)c1)CC1CCN(Cc2ccccc2)C1. The standard InChI is InChI=1S/C22H28N2O2/c1-2-23(15-19-9-6-10-21(13-19)22(25)26)16-20-11-12-24(17-20)14-18-7-4-3-5-8-18/h3-10,13,20H,2,11-12,14-17H2,1H3,(H,25,26). The zero-order valence-electron chi connectivity index (χ0n) is 15.5. The maximum atomic E-state index is 11.2.